The van der Waals surface area contributed by atoms with E-state index in [1.807, 2.05) is 24.3 Å². The van der Waals surface area contributed by atoms with Gasteiger partial charge in [-0.3, -0.25) is 9.79 Å². The van der Waals surface area contributed by atoms with Crippen LogP contribution in [0.1, 0.15) is 5.56 Å². The fourth-order valence-corrected chi connectivity index (χ4v) is 1.52. The number of nitrogens with zero attached hydrogens (tertiary/aromatic N) is 1. The Morgan fingerprint density at radius 2 is 2.24 bits per heavy atom. The molecule has 1 amide bonds. The molecule has 1 aliphatic heterocycles. The minimum Gasteiger partial charge on any atom is -0.484 e. The summed E-state index contributed by atoms with van der Waals surface area (Å²) >= 11 is 0. The van der Waals surface area contributed by atoms with E-state index in [1.165, 1.54) is 0 Å². The van der Waals surface area contributed by atoms with E-state index >= 15 is 0 Å². The quantitative estimate of drug-likeness (QED) is 0.778. The number of hydrogen-bond donors (Lipinski definition) is 2. The first-order valence-corrected chi connectivity index (χ1v) is 5.52. The van der Waals surface area contributed by atoms with Gasteiger partial charge in [-0.15, -0.1) is 0 Å². The maximum Gasteiger partial charge on any atom is 0.257 e. The smallest absolute Gasteiger partial charge is 0.257 e. The van der Waals surface area contributed by atoms with E-state index < -0.39 is 0 Å². The molecule has 2 rings (SSSR count). The Balaban J connectivity index is 1.95. The third-order valence-electron chi connectivity index (χ3n) is 2.45. The van der Waals surface area contributed by atoms with Crippen LogP contribution < -0.4 is 15.4 Å². The molecule has 0 radical (unpaired) electrons. The molecule has 1 aromatic carbocycles. The van der Waals surface area contributed by atoms with Crippen molar-refractivity contribution in [2.75, 3.05) is 26.7 Å². The van der Waals surface area contributed by atoms with Gasteiger partial charge in [0.05, 0.1) is 6.54 Å². The van der Waals surface area contributed by atoms with Gasteiger partial charge in [-0.1, -0.05) is 0 Å². The summed E-state index contributed by atoms with van der Waals surface area (Å²) < 4.78 is 5.30. The van der Waals surface area contributed by atoms with Crippen molar-refractivity contribution in [1.82, 2.24) is 10.6 Å². The number of carbonyl (C=O) groups is 1. The summed E-state index contributed by atoms with van der Waals surface area (Å²) in [5.41, 5.74) is 1.04. The first kappa shape index (κ1) is 11.4. The predicted molar refractivity (Wildman–Crippen MR) is 65.4 cm³/mol. The molecule has 5 heteroatoms. The van der Waals surface area contributed by atoms with Gasteiger partial charge in [-0.2, -0.15) is 0 Å². The van der Waals surface area contributed by atoms with Gasteiger partial charge in [0.25, 0.3) is 5.91 Å². The molecule has 1 heterocycles. The molecule has 5 nitrogen and oxygen atoms in total. The van der Waals surface area contributed by atoms with Crippen LogP contribution in [0.5, 0.6) is 5.75 Å². The van der Waals surface area contributed by atoms with Gasteiger partial charge in [0.15, 0.2) is 6.61 Å². The molecule has 0 aliphatic carbocycles. The van der Waals surface area contributed by atoms with Crippen LogP contribution >= 0.6 is 0 Å². The molecule has 0 atom stereocenters. The number of hydrogen-bond acceptors (Lipinski definition) is 4. The van der Waals surface area contributed by atoms with E-state index in [1.54, 1.807) is 7.05 Å². The van der Waals surface area contributed by atoms with Crippen LogP contribution in [0.25, 0.3) is 0 Å². The molecule has 90 valence electrons. The van der Waals surface area contributed by atoms with Crippen molar-refractivity contribution in [3.8, 4) is 5.75 Å². The zero-order chi connectivity index (χ0) is 12.1. The van der Waals surface area contributed by atoms with Crippen molar-refractivity contribution in [3.63, 3.8) is 0 Å². The Hall–Kier alpha value is -2.04. The molecular formula is C12H15N3O2. The minimum absolute atomic E-state index is 0.0367. The van der Waals surface area contributed by atoms with Crippen molar-refractivity contribution in [3.05, 3.63) is 29.8 Å². The molecule has 0 spiro atoms. The molecule has 0 unspecified atom stereocenters. The SMILES string of the molecule is CNC(=O)COc1ccc(C2=NCCN2)cc1. The fraction of sp³-hybridized carbons (Fsp3) is 0.333. The highest BCUT2D eigenvalue weighted by atomic mass is 16.5. The highest BCUT2D eigenvalue weighted by Gasteiger charge is 2.07. The summed E-state index contributed by atoms with van der Waals surface area (Å²) in [6, 6.07) is 7.52. The van der Waals surface area contributed by atoms with Crippen LogP contribution in [0.2, 0.25) is 0 Å². The number of carbonyl (C=O) groups excluding carboxylic acids is 1. The Morgan fingerprint density at radius 1 is 1.47 bits per heavy atom. The van der Waals surface area contributed by atoms with Gasteiger partial charge in [0.1, 0.15) is 11.6 Å². The lowest BCUT2D eigenvalue weighted by Gasteiger charge is -2.06. The van der Waals surface area contributed by atoms with Crippen LogP contribution in [-0.2, 0) is 4.79 Å². The van der Waals surface area contributed by atoms with Gasteiger partial charge >= 0.3 is 0 Å². The molecule has 1 aromatic rings. The fourth-order valence-electron chi connectivity index (χ4n) is 1.52. The maximum atomic E-state index is 11.0. The third kappa shape index (κ3) is 2.96. The third-order valence-corrected chi connectivity index (χ3v) is 2.45. The second-order valence-electron chi connectivity index (χ2n) is 3.64. The molecule has 0 saturated carbocycles. The Bertz CT molecular complexity index is 426. The zero-order valence-electron chi connectivity index (χ0n) is 9.69. The van der Waals surface area contributed by atoms with Crippen LogP contribution in [0.3, 0.4) is 0 Å². The lowest BCUT2D eigenvalue weighted by molar-refractivity contribution is -0.122. The second kappa shape index (κ2) is 5.34. The largest absolute Gasteiger partial charge is 0.484 e. The Labute approximate surface area is 99.9 Å². The van der Waals surface area contributed by atoms with Crippen molar-refractivity contribution >= 4 is 11.7 Å². The number of nitrogens with one attached hydrogen (secondary N) is 2. The zero-order valence-corrected chi connectivity index (χ0v) is 9.69. The van der Waals surface area contributed by atoms with E-state index in [0.29, 0.717) is 5.75 Å². The van der Waals surface area contributed by atoms with Crippen LogP contribution in [0.15, 0.2) is 29.3 Å². The summed E-state index contributed by atoms with van der Waals surface area (Å²) in [5.74, 6) is 1.45. The van der Waals surface area contributed by atoms with Crippen molar-refractivity contribution in [2.24, 2.45) is 4.99 Å². The number of likely N-dealkylation sites (N-methyl/N-ethyl adjacent to an activating group) is 1. The second-order valence-corrected chi connectivity index (χ2v) is 3.64. The molecule has 1 aliphatic rings. The van der Waals surface area contributed by atoms with E-state index in [9.17, 15) is 4.79 Å². The molecule has 0 fully saturated rings. The molecule has 0 saturated heterocycles. The van der Waals surface area contributed by atoms with Crippen molar-refractivity contribution < 1.29 is 9.53 Å². The average Bonchev–Trinajstić information content (AvgIpc) is 2.90. The van der Waals surface area contributed by atoms with Crippen LogP contribution in [-0.4, -0.2) is 38.5 Å². The normalized spacial score (nSPS) is 13.8. The summed E-state index contributed by atoms with van der Waals surface area (Å²) in [4.78, 5) is 15.3. The summed E-state index contributed by atoms with van der Waals surface area (Å²) in [7, 11) is 1.58. The number of aliphatic imine (C=N–C) groups is 1. The van der Waals surface area contributed by atoms with E-state index in [-0.39, 0.29) is 12.5 Å². The molecular weight excluding hydrogens is 218 g/mol. The highest BCUT2D eigenvalue weighted by molar-refractivity contribution is 5.99. The first-order chi connectivity index (χ1) is 8.29. The minimum atomic E-state index is -0.143. The number of amides is 1. The van der Waals surface area contributed by atoms with Gasteiger partial charge in [-0.25, -0.2) is 0 Å². The van der Waals surface area contributed by atoms with Gasteiger partial charge < -0.3 is 15.4 Å². The van der Waals surface area contributed by atoms with E-state index in [2.05, 4.69) is 15.6 Å². The van der Waals surface area contributed by atoms with Gasteiger partial charge in [-0.05, 0) is 24.3 Å². The predicted octanol–water partition coefficient (Wildman–Crippen LogP) is 0.161. The lowest BCUT2D eigenvalue weighted by Crippen LogP contribution is -2.24. The Morgan fingerprint density at radius 3 is 2.82 bits per heavy atom. The molecule has 0 aromatic heterocycles. The van der Waals surface area contributed by atoms with Crippen molar-refractivity contribution in [1.29, 1.82) is 0 Å². The number of amidine groups is 1. The number of ether oxygens (including phenoxy) is 1. The monoisotopic (exact) mass is 233 g/mol. The standard InChI is InChI=1S/C12H15N3O2/c1-13-11(16)8-17-10-4-2-9(3-5-10)12-14-6-7-15-12/h2-5H,6-8H2,1H3,(H,13,16)(H,14,15). The molecule has 0 bridgehead atoms. The summed E-state index contributed by atoms with van der Waals surface area (Å²) in [5, 5.41) is 5.70. The topological polar surface area (TPSA) is 62.7 Å². The maximum absolute atomic E-state index is 11.0. The summed E-state index contributed by atoms with van der Waals surface area (Å²) in [6.07, 6.45) is 0. The van der Waals surface area contributed by atoms with Crippen molar-refractivity contribution in [2.45, 2.75) is 0 Å². The van der Waals surface area contributed by atoms with Gasteiger partial charge in [0.2, 0.25) is 0 Å². The Kier molecular flexibility index (Phi) is 3.59. The number of rotatable bonds is 4. The van der Waals surface area contributed by atoms with E-state index in [4.69, 9.17) is 4.74 Å². The lowest BCUT2D eigenvalue weighted by atomic mass is 10.2. The van der Waals surface area contributed by atoms with E-state index in [0.717, 1.165) is 24.5 Å². The summed E-state index contributed by atoms with van der Waals surface area (Å²) in [6.45, 7) is 1.75. The first-order valence-electron chi connectivity index (χ1n) is 5.52. The van der Waals surface area contributed by atoms with Gasteiger partial charge in [0, 0.05) is 19.2 Å². The molecule has 2 N–H and O–H groups in total. The highest BCUT2D eigenvalue weighted by Crippen LogP contribution is 2.13. The van der Waals surface area contributed by atoms with Crippen LogP contribution in [0, 0.1) is 0 Å². The molecule has 17 heavy (non-hydrogen) atoms. The van der Waals surface area contributed by atoms with Crippen LogP contribution in [0.4, 0.5) is 0 Å². The average molecular weight is 233 g/mol. The number of benzene rings is 1.